The highest BCUT2D eigenvalue weighted by Gasteiger charge is 2.17. The quantitative estimate of drug-likeness (QED) is 0.418. The molecule has 0 N–H and O–H groups in total. The molecule has 0 spiro atoms. The molecule has 0 saturated heterocycles. The van der Waals surface area contributed by atoms with Gasteiger partial charge in [-0.15, -0.1) is 0 Å². The van der Waals surface area contributed by atoms with Crippen LogP contribution in [-0.4, -0.2) is 0 Å². The second-order valence-electron chi connectivity index (χ2n) is 8.51. The zero-order valence-electron chi connectivity index (χ0n) is 17.2. The van der Waals surface area contributed by atoms with Crippen molar-refractivity contribution < 1.29 is 0 Å². The average molecular weight is 343 g/mol. The second-order valence-corrected chi connectivity index (χ2v) is 8.51. The fourth-order valence-electron chi connectivity index (χ4n) is 3.76. The van der Waals surface area contributed by atoms with Crippen LogP contribution < -0.4 is 0 Å². The summed E-state index contributed by atoms with van der Waals surface area (Å²) in [5.41, 5.74) is 9.70. The fraction of sp³-hybridized carbons (Fsp3) is 0.308. The van der Waals surface area contributed by atoms with Crippen LogP contribution in [-0.2, 0) is 5.41 Å². The van der Waals surface area contributed by atoms with Crippen LogP contribution in [0.2, 0.25) is 0 Å². The van der Waals surface area contributed by atoms with Crippen molar-refractivity contribution in [2.45, 2.75) is 53.9 Å². The predicted molar refractivity (Wildman–Crippen MR) is 117 cm³/mol. The minimum absolute atomic E-state index is 0.159. The molecule has 0 atom stereocenters. The van der Waals surface area contributed by atoms with Crippen LogP contribution in [0.3, 0.4) is 0 Å². The molecular formula is C26H30. The van der Waals surface area contributed by atoms with Crippen molar-refractivity contribution in [3.05, 3.63) is 82.4 Å². The van der Waals surface area contributed by atoms with Crippen LogP contribution in [0.4, 0.5) is 0 Å². The van der Waals surface area contributed by atoms with E-state index in [4.69, 9.17) is 0 Å². The maximum absolute atomic E-state index is 2.38. The van der Waals surface area contributed by atoms with Gasteiger partial charge in [0.15, 0.2) is 0 Å². The monoisotopic (exact) mass is 342 g/mol. The van der Waals surface area contributed by atoms with Gasteiger partial charge in [0.05, 0.1) is 0 Å². The minimum atomic E-state index is 0.159. The summed E-state index contributed by atoms with van der Waals surface area (Å²) in [5.74, 6) is 0. The predicted octanol–water partition coefficient (Wildman–Crippen LogP) is 7.70. The Morgan fingerprint density at radius 1 is 0.731 bits per heavy atom. The van der Waals surface area contributed by atoms with Crippen LogP contribution in [0, 0.1) is 13.8 Å². The summed E-state index contributed by atoms with van der Waals surface area (Å²) in [6, 6.07) is 20.1. The number of aryl methyl sites for hydroxylation is 2. The summed E-state index contributed by atoms with van der Waals surface area (Å²) in [6.07, 6.45) is 0. The third-order valence-electron chi connectivity index (χ3n) is 5.58. The SMILES string of the molecule is C/C(=C(/C)c1c(C)ccc2ccccc12)c1cc(C(C)(C)C)ccc1C. The summed E-state index contributed by atoms with van der Waals surface area (Å²) in [6.45, 7) is 15.8. The summed E-state index contributed by atoms with van der Waals surface area (Å²) < 4.78 is 0. The molecule has 134 valence electrons. The zero-order chi connectivity index (χ0) is 19.1. The Bertz CT molecular complexity index is 994. The number of fused-ring (bicyclic) bond motifs is 1. The molecule has 26 heavy (non-hydrogen) atoms. The lowest BCUT2D eigenvalue weighted by Crippen LogP contribution is -2.11. The molecule has 0 heterocycles. The molecule has 0 aliphatic rings. The van der Waals surface area contributed by atoms with Gasteiger partial charge in [-0.25, -0.2) is 0 Å². The lowest BCUT2D eigenvalue weighted by Gasteiger charge is -2.22. The van der Waals surface area contributed by atoms with Gasteiger partial charge in [-0.2, -0.15) is 0 Å². The topological polar surface area (TPSA) is 0 Å². The first-order valence-corrected chi connectivity index (χ1v) is 9.48. The average Bonchev–Trinajstić information content (AvgIpc) is 2.60. The molecular weight excluding hydrogens is 312 g/mol. The van der Waals surface area contributed by atoms with Gasteiger partial charge in [-0.1, -0.05) is 75.4 Å². The summed E-state index contributed by atoms with van der Waals surface area (Å²) in [7, 11) is 0. The first-order valence-electron chi connectivity index (χ1n) is 9.48. The van der Waals surface area contributed by atoms with Gasteiger partial charge in [0.25, 0.3) is 0 Å². The van der Waals surface area contributed by atoms with Gasteiger partial charge in [0, 0.05) is 0 Å². The van der Waals surface area contributed by atoms with E-state index in [-0.39, 0.29) is 5.41 Å². The number of benzene rings is 3. The number of hydrogen-bond donors (Lipinski definition) is 0. The Balaban J connectivity index is 2.25. The lowest BCUT2D eigenvalue weighted by molar-refractivity contribution is 0.590. The van der Waals surface area contributed by atoms with E-state index in [9.17, 15) is 0 Å². The number of hydrogen-bond acceptors (Lipinski definition) is 0. The van der Waals surface area contributed by atoms with Crippen molar-refractivity contribution in [3.8, 4) is 0 Å². The van der Waals surface area contributed by atoms with E-state index in [1.807, 2.05) is 0 Å². The van der Waals surface area contributed by atoms with Crippen molar-refractivity contribution in [2.24, 2.45) is 0 Å². The molecule has 0 saturated carbocycles. The lowest BCUT2D eigenvalue weighted by atomic mass is 9.83. The Morgan fingerprint density at radius 2 is 1.38 bits per heavy atom. The van der Waals surface area contributed by atoms with Crippen LogP contribution in [0.25, 0.3) is 21.9 Å². The third kappa shape index (κ3) is 3.33. The fourth-order valence-corrected chi connectivity index (χ4v) is 3.76. The largest absolute Gasteiger partial charge is 0.0616 e. The van der Waals surface area contributed by atoms with Gasteiger partial charge in [-0.3, -0.25) is 0 Å². The first-order chi connectivity index (χ1) is 12.2. The Hall–Kier alpha value is -2.34. The van der Waals surface area contributed by atoms with Crippen molar-refractivity contribution in [1.82, 2.24) is 0 Å². The molecule has 0 radical (unpaired) electrons. The molecule has 0 aliphatic carbocycles. The Labute approximate surface area is 158 Å². The molecule has 0 aromatic heterocycles. The molecule has 0 fully saturated rings. The Kier molecular flexibility index (Phi) is 4.80. The number of rotatable bonds is 2. The smallest absolute Gasteiger partial charge is 0.0106 e. The highest BCUT2D eigenvalue weighted by molar-refractivity contribution is 6.01. The van der Waals surface area contributed by atoms with E-state index in [1.54, 1.807) is 0 Å². The van der Waals surface area contributed by atoms with E-state index < -0.39 is 0 Å². The van der Waals surface area contributed by atoms with Crippen molar-refractivity contribution in [3.63, 3.8) is 0 Å². The van der Waals surface area contributed by atoms with Gasteiger partial charge < -0.3 is 0 Å². The van der Waals surface area contributed by atoms with Gasteiger partial charge >= 0.3 is 0 Å². The maximum atomic E-state index is 2.38. The number of allylic oxidation sites excluding steroid dienone is 2. The van der Waals surface area contributed by atoms with Crippen molar-refractivity contribution in [1.29, 1.82) is 0 Å². The van der Waals surface area contributed by atoms with Gasteiger partial charge in [0.2, 0.25) is 0 Å². The molecule has 3 aromatic rings. The van der Waals surface area contributed by atoms with Crippen LogP contribution >= 0.6 is 0 Å². The molecule has 0 heteroatoms. The van der Waals surface area contributed by atoms with E-state index >= 15 is 0 Å². The molecule has 0 nitrogen and oxygen atoms in total. The molecule has 0 aliphatic heterocycles. The van der Waals surface area contributed by atoms with E-state index in [1.165, 1.54) is 49.7 Å². The van der Waals surface area contributed by atoms with E-state index in [0.717, 1.165) is 0 Å². The van der Waals surface area contributed by atoms with Crippen molar-refractivity contribution >= 4 is 21.9 Å². The maximum Gasteiger partial charge on any atom is -0.0106 e. The standard InChI is InChI=1S/C26H30/c1-17-13-15-22(26(5,6)7)16-24(17)19(3)20(4)25-18(2)12-14-21-10-8-9-11-23(21)25/h8-16H,1-7H3/b20-19+. The molecule has 0 amide bonds. The normalized spacial score (nSPS) is 13.0. The van der Waals surface area contributed by atoms with Crippen LogP contribution in [0.5, 0.6) is 0 Å². The minimum Gasteiger partial charge on any atom is -0.0616 e. The zero-order valence-corrected chi connectivity index (χ0v) is 17.2. The van der Waals surface area contributed by atoms with Crippen LogP contribution in [0.15, 0.2) is 54.6 Å². The third-order valence-corrected chi connectivity index (χ3v) is 5.58. The Morgan fingerprint density at radius 3 is 2.08 bits per heavy atom. The highest BCUT2D eigenvalue weighted by Crippen LogP contribution is 2.35. The molecule has 3 rings (SSSR count). The van der Waals surface area contributed by atoms with E-state index in [0.29, 0.717) is 0 Å². The summed E-state index contributed by atoms with van der Waals surface area (Å²) >= 11 is 0. The molecule has 0 unspecified atom stereocenters. The second kappa shape index (κ2) is 6.76. The summed E-state index contributed by atoms with van der Waals surface area (Å²) in [5, 5.41) is 2.65. The van der Waals surface area contributed by atoms with Gasteiger partial charge in [-0.05, 0) is 82.8 Å². The van der Waals surface area contributed by atoms with Crippen LogP contribution in [0.1, 0.15) is 62.4 Å². The highest BCUT2D eigenvalue weighted by atomic mass is 14.2. The first kappa shape index (κ1) is 18.5. The summed E-state index contributed by atoms with van der Waals surface area (Å²) in [4.78, 5) is 0. The van der Waals surface area contributed by atoms with E-state index in [2.05, 4.69) is 103 Å². The molecule has 0 bridgehead atoms. The van der Waals surface area contributed by atoms with Crippen molar-refractivity contribution in [2.75, 3.05) is 0 Å². The molecule has 3 aromatic carbocycles. The van der Waals surface area contributed by atoms with Gasteiger partial charge in [0.1, 0.15) is 0 Å².